The third-order valence-corrected chi connectivity index (χ3v) is 3.89. The SMILES string of the molecule is O=C(OCc1ccccc1)C1COCC(=O)N1Cc1ccccc1. The summed E-state index contributed by atoms with van der Waals surface area (Å²) in [7, 11) is 0. The molecule has 3 rings (SSSR count). The van der Waals surface area contributed by atoms with E-state index in [9.17, 15) is 9.59 Å². The molecular formula is C19H19NO4. The second-order valence-electron chi connectivity index (χ2n) is 5.63. The van der Waals surface area contributed by atoms with Crippen LogP contribution in [-0.2, 0) is 32.2 Å². The molecule has 124 valence electrons. The van der Waals surface area contributed by atoms with E-state index in [1.165, 1.54) is 4.90 Å². The molecule has 5 heteroatoms. The van der Waals surface area contributed by atoms with Gasteiger partial charge >= 0.3 is 5.97 Å². The van der Waals surface area contributed by atoms with Gasteiger partial charge in [0.05, 0.1) is 6.61 Å². The lowest BCUT2D eigenvalue weighted by Gasteiger charge is -2.33. The van der Waals surface area contributed by atoms with Crippen molar-refractivity contribution in [2.45, 2.75) is 19.2 Å². The molecule has 1 atom stereocenters. The number of morpholine rings is 1. The number of rotatable bonds is 5. The van der Waals surface area contributed by atoms with Gasteiger partial charge in [0.2, 0.25) is 5.91 Å². The number of carbonyl (C=O) groups is 2. The van der Waals surface area contributed by atoms with Crippen LogP contribution in [0.2, 0.25) is 0 Å². The summed E-state index contributed by atoms with van der Waals surface area (Å²) in [6.45, 7) is 0.708. The van der Waals surface area contributed by atoms with Gasteiger partial charge in [-0.1, -0.05) is 60.7 Å². The molecule has 1 heterocycles. The van der Waals surface area contributed by atoms with Crippen molar-refractivity contribution in [3.63, 3.8) is 0 Å². The molecule has 0 aromatic heterocycles. The minimum absolute atomic E-state index is 0.00466. The highest BCUT2D eigenvalue weighted by molar-refractivity contribution is 5.86. The summed E-state index contributed by atoms with van der Waals surface area (Å²) in [5.41, 5.74) is 1.87. The maximum absolute atomic E-state index is 12.4. The van der Waals surface area contributed by atoms with E-state index < -0.39 is 12.0 Å². The van der Waals surface area contributed by atoms with E-state index in [1.807, 2.05) is 60.7 Å². The predicted molar refractivity (Wildman–Crippen MR) is 87.8 cm³/mol. The van der Waals surface area contributed by atoms with Crippen LogP contribution in [0.1, 0.15) is 11.1 Å². The van der Waals surface area contributed by atoms with Crippen LogP contribution in [0.4, 0.5) is 0 Å². The van der Waals surface area contributed by atoms with Gasteiger partial charge in [0.25, 0.3) is 0 Å². The van der Waals surface area contributed by atoms with E-state index >= 15 is 0 Å². The Labute approximate surface area is 140 Å². The number of amides is 1. The van der Waals surface area contributed by atoms with Crippen molar-refractivity contribution in [2.24, 2.45) is 0 Å². The van der Waals surface area contributed by atoms with Crippen molar-refractivity contribution in [2.75, 3.05) is 13.2 Å². The molecule has 24 heavy (non-hydrogen) atoms. The quantitative estimate of drug-likeness (QED) is 0.791. The summed E-state index contributed by atoms with van der Waals surface area (Å²) in [6, 6.07) is 18.3. The molecule has 1 unspecified atom stereocenters. The van der Waals surface area contributed by atoms with Crippen molar-refractivity contribution >= 4 is 11.9 Å². The van der Waals surface area contributed by atoms with Gasteiger partial charge in [-0.3, -0.25) is 4.79 Å². The second kappa shape index (κ2) is 7.75. The first-order chi connectivity index (χ1) is 11.7. The number of ether oxygens (including phenoxy) is 2. The van der Waals surface area contributed by atoms with Crippen molar-refractivity contribution in [1.82, 2.24) is 4.90 Å². The first-order valence-corrected chi connectivity index (χ1v) is 7.86. The van der Waals surface area contributed by atoms with Gasteiger partial charge in [0.15, 0.2) is 6.04 Å². The van der Waals surface area contributed by atoms with Crippen LogP contribution in [0.15, 0.2) is 60.7 Å². The molecule has 0 aliphatic carbocycles. The van der Waals surface area contributed by atoms with Gasteiger partial charge in [-0.2, -0.15) is 0 Å². The standard InChI is InChI=1S/C19H19NO4/c21-18-14-23-13-17(20(18)11-15-7-3-1-4-8-15)19(22)24-12-16-9-5-2-6-10-16/h1-10,17H,11-14H2. The Morgan fingerprint density at radius 3 is 2.33 bits per heavy atom. The lowest BCUT2D eigenvalue weighted by atomic mass is 10.1. The van der Waals surface area contributed by atoms with Crippen LogP contribution in [0.3, 0.4) is 0 Å². The lowest BCUT2D eigenvalue weighted by molar-refractivity contribution is -0.168. The van der Waals surface area contributed by atoms with Gasteiger partial charge in [-0.05, 0) is 11.1 Å². The van der Waals surface area contributed by atoms with Crippen molar-refractivity contribution in [3.8, 4) is 0 Å². The fraction of sp³-hybridized carbons (Fsp3) is 0.263. The minimum Gasteiger partial charge on any atom is -0.459 e. The topological polar surface area (TPSA) is 55.8 Å². The molecule has 1 aliphatic rings. The summed E-state index contributed by atoms with van der Waals surface area (Å²) in [4.78, 5) is 26.1. The monoisotopic (exact) mass is 325 g/mol. The summed E-state index contributed by atoms with van der Waals surface area (Å²) >= 11 is 0. The maximum atomic E-state index is 12.4. The molecule has 0 saturated carbocycles. The second-order valence-corrected chi connectivity index (χ2v) is 5.63. The zero-order chi connectivity index (χ0) is 16.8. The third kappa shape index (κ3) is 4.00. The molecule has 0 radical (unpaired) electrons. The number of nitrogens with zero attached hydrogens (tertiary/aromatic N) is 1. The number of hydrogen-bond acceptors (Lipinski definition) is 4. The fourth-order valence-electron chi connectivity index (χ4n) is 2.60. The number of benzene rings is 2. The summed E-state index contributed by atoms with van der Waals surface area (Å²) in [5, 5.41) is 0. The van der Waals surface area contributed by atoms with Crippen LogP contribution in [0, 0.1) is 0 Å². The molecule has 2 aromatic carbocycles. The van der Waals surface area contributed by atoms with E-state index in [0.717, 1.165) is 11.1 Å². The fourth-order valence-corrected chi connectivity index (χ4v) is 2.60. The molecule has 1 saturated heterocycles. The lowest BCUT2D eigenvalue weighted by Crippen LogP contribution is -2.53. The van der Waals surface area contributed by atoms with Crippen LogP contribution in [0.5, 0.6) is 0 Å². The van der Waals surface area contributed by atoms with Gasteiger partial charge in [0.1, 0.15) is 13.2 Å². The molecule has 0 N–H and O–H groups in total. The molecule has 0 spiro atoms. The number of hydrogen-bond donors (Lipinski definition) is 0. The van der Waals surface area contributed by atoms with Gasteiger partial charge in [-0.25, -0.2) is 4.79 Å². The van der Waals surface area contributed by atoms with Crippen molar-refractivity contribution in [1.29, 1.82) is 0 Å². The Balaban J connectivity index is 1.66. The van der Waals surface area contributed by atoms with Crippen LogP contribution < -0.4 is 0 Å². The summed E-state index contributed by atoms with van der Waals surface area (Å²) in [6.07, 6.45) is 0. The summed E-state index contributed by atoms with van der Waals surface area (Å²) < 4.78 is 10.6. The molecule has 1 amide bonds. The van der Waals surface area contributed by atoms with Crippen LogP contribution >= 0.6 is 0 Å². The summed E-state index contributed by atoms with van der Waals surface area (Å²) in [5.74, 6) is -0.644. The molecular weight excluding hydrogens is 306 g/mol. The van der Waals surface area contributed by atoms with E-state index in [4.69, 9.17) is 9.47 Å². The first kappa shape index (κ1) is 16.2. The Morgan fingerprint density at radius 1 is 1.04 bits per heavy atom. The zero-order valence-corrected chi connectivity index (χ0v) is 13.3. The zero-order valence-electron chi connectivity index (χ0n) is 13.3. The number of carbonyl (C=O) groups excluding carboxylic acids is 2. The molecule has 1 fully saturated rings. The first-order valence-electron chi connectivity index (χ1n) is 7.86. The van der Waals surface area contributed by atoms with Crippen molar-refractivity contribution < 1.29 is 19.1 Å². The van der Waals surface area contributed by atoms with E-state index in [-0.39, 0.29) is 25.7 Å². The molecule has 0 bridgehead atoms. The Bertz CT molecular complexity index is 687. The Kier molecular flexibility index (Phi) is 5.23. The molecule has 5 nitrogen and oxygen atoms in total. The maximum Gasteiger partial charge on any atom is 0.331 e. The highest BCUT2D eigenvalue weighted by Gasteiger charge is 2.35. The van der Waals surface area contributed by atoms with E-state index in [2.05, 4.69) is 0 Å². The number of esters is 1. The van der Waals surface area contributed by atoms with E-state index in [1.54, 1.807) is 0 Å². The Morgan fingerprint density at radius 2 is 1.67 bits per heavy atom. The predicted octanol–water partition coefficient (Wildman–Crippen LogP) is 2.16. The normalized spacial score (nSPS) is 17.6. The molecule has 2 aromatic rings. The van der Waals surface area contributed by atoms with Crippen LogP contribution in [0.25, 0.3) is 0 Å². The Hall–Kier alpha value is -2.66. The largest absolute Gasteiger partial charge is 0.459 e. The van der Waals surface area contributed by atoms with Gasteiger partial charge in [-0.15, -0.1) is 0 Å². The third-order valence-electron chi connectivity index (χ3n) is 3.89. The van der Waals surface area contributed by atoms with Crippen LogP contribution in [-0.4, -0.2) is 36.0 Å². The van der Waals surface area contributed by atoms with Gasteiger partial charge in [0, 0.05) is 6.54 Å². The minimum atomic E-state index is -0.713. The highest BCUT2D eigenvalue weighted by atomic mass is 16.5. The average molecular weight is 325 g/mol. The average Bonchev–Trinajstić information content (AvgIpc) is 2.63. The van der Waals surface area contributed by atoms with E-state index in [0.29, 0.717) is 6.54 Å². The molecule has 1 aliphatic heterocycles. The van der Waals surface area contributed by atoms with Gasteiger partial charge < -0.3 is 14.4 Å². The van der Waals surface area contributed by atoms with Crippen molar-refractivity contribution in [3.05, 3.63) is 71.8 Å². The smallest absolute Gasteiger partial charge is 0.331 e. The highest BCUT2D eigenvalue weighted by Crippen LogP contribution is 2.15.